The second-order valence-corrected chi connectivity index (χ2v) is 8.36. The van der Waals surface area contributed by atoms with Crippen molar-refractivity contribution in [3.8, 4) is 0 Å². The van der Waals surface area contributed by atoms with Crippen molar-refractivity contribution in [3.63, 3.8) is 0 Å². The highest BCUT2D eigenvalue weighted by Gasteiger charge is 2.21. The molecule has 1 atom stereocenters. The van der Waals surface area contributed by atoms with Crippen LogP contribution in [0.3, 0.4) is 0 Å². The molecular formula is C24H32N4O2. The van der Waals surface area contributed by atoms with Gasteiger partial charge in [0.05, 0.1) is 6.04 Å². The molecule has 0 bridgehead atoms. The highest BCUT2D eigenvalue weighted by Crippen LogP contribution is 2.29. The van der Waals surface area contributed by atoms with E-state index in [0.717, 1.165) is 36.1 Å². The summed E-state index contributed by atoms with van der Waals surface area (Å²) in [5.74, 6) is -1.28. The van der Waals surface area contributed by atoms with Gasteiger partial charge in [-0.3, -0.25) is 9.59 Å². The van der Waals surface area contributed by atoms with Gasteiger partial charge in [-0.15, -0.1) is 0 Å². The third-order valence-corrected chi connectivity index (χ3v) is 5.89. The van der Waals surface area contributed by atoms with Gasteiger partial charge in [0.2, 0.25) is 0 Å². The Balaban J connectivity index is 1.65. The highest BCUT2D eigenvalue weighted by molar-refractivity contribution is 6.39. The molecule has 0 radical (unpaired) electrons. The first-order chi connectivity index (χ1) is 14.3. The largest absolute Gasteiger partial charge is 0.374 e. The second-order valence-electron chi connectivity index (χ2n) is 8.36. The minimum atomic E-state index is -0.650. The normalized spacial score (nSPS) is 14.3. The van der Waals surface area contributed by atoms with E-state index in [9.17, 15) is 9.59 Å². The van der Waals surface area contributed by atoms with Crippen molar-refractivity contribution >= 4 is 23.2 Å². The Bertz CT molecular complexity index is 939. The molecule has 0 aliphatic carbocycles. The van der Waals surface area contributed by atoms with Crippen LogP contribution in [0, 0.1) is 13.8 Å². The number of benzene rings is 2. The summed E-state index contributed by atoms with van der Waals surface area (Å²) in [6, 6.07) is 12.1. The fourth-order valence-corrected chi connectivity index (χ4v) is 3.89. The van der Waals surface area contributed by atoms with Gasteiger partial charge in [-0.25, -0.2) is 0 Å². The minimum Gasteiger partial charge on any atom is -0.374 e. The van der Waals surface area contributed by atoms with Gasteiger partial charge in [0.25, 0.3) is 0 Å². The van der Waals surface area contributed by atoms with Gasteiger partial charge in [0, 0.05) is 31.5 Å². The van der Waals surface area contributed by atoms with Gasteiger partial charge < -0.3 is 20.4 Å². The molecule has 0 aromatic heterocycles. The lowest BCUT2D eigenvalue weighted by molar-refractivity contribution is -0.136. The van der Waals surface area contributed by atoms with Gasteiger partial charge in [-0.2, -0.15) is 0 Å². The van der Waals surface area contributed by atoms with Crippen molar-refractivity contribution in [2.24, 2.45) is 0 Å². The molecule has 2 N–H and O–H groups in total. The number of carbonyl (C=O) groups excluding carboxylic acids is 2. The maximum absolute atomic E-state index is 12.4. The van der Waals surface area contributed by atoms with E-state index >= 15 is 0 Å². The minimum absolute atomic E-state index is 0.0131. The van der Waals surface area contributed by atoms with Crippen molar-refractivity contribution in [1.82, 2.24) is 10.2 Å². The topological polar surface area (TPSA) is 64.7 Å². The quantitative estimate of drug-likeness (QED) is 0.747. The SMILES string of the molecule is Cc1ccc(NC(=O)C(=O)NC[C@@H](c2ccc3c(c2)CCCN3C)N(C)C)cc1C. The molecule has 0 saturated carbocycles. The zero-order chi connectivity index (χ0) is 21.8. The van der Waals surface area contributed by atoms with E-state index in [2.05, 4.69) is 45.7 Å². The van der Waals surface area contributed by atoms with Crippen LogP contribution in [0.4, 0.5) is 11.4 Å². The van der Waals surface area contributed by atoms with Crippen molar-refractivity contribution in [2.45, 2.75) is 32.7 Å². The molecule has 0 spiro atoms. The van der Waals surface area contributed by atoms with E-state index < -0.39 is 11.8 Å². The number of aryl methyl sites for hydroxylation is 3. The molecule has 2 amide bonds. The predicted molar refractivity (Wildman–Crippen MR) is 122 cm³/mol. The van der Waals surface area contributed by atoms with Gasteiger partial charge in [0.1, 0.15) is 0 Å². The number of hydrogen-bond acceptors (Lipinski definition) is 4. The van der Waals surface area contributed by atoms with E-state index in [1.54, 1.807) is 6.07 Å². The van der Waals surface area contributed by atoms with Crippen LogP contribution in [0.25, 0.3) is 0 Å². The van der Waals surface area contributed by atoms with Crippen LogP contribution in [0.15, 0.2) is 36.4 Å². The molecule has 1 heterocycles. The fourth-order valence-electron chi connectivity index (χ4n) is 3.89. The van der Waals surface area contributed by atoms with Crippen LogP contribution in [-0.4, -0.2) is 50.9 Å². The molecule has 6 nitrogen and oxygen atoms in total. The lowest BCUT2D eigenvalue weighted by atomic mass is 9.96. The molecular weight excluding hydrogens is 376 g/mol. The van der Waals surface area contributed by atoms with E-state index in [1.165, 1.54) is 11.3 Å². The monoisotopic (exact) mass is 408 g/mol. The summed E-state index contributed by atoms with van der Waals surface area (Å²) < 4.78 is 0. The van der Waals surface area contributed by atoms with Crippen LogP contribution < -0.4 is 15.5 Å². The summed E-state index contributed by atoms with van der Waals surface area (Å²) in [5.41, 5.74) is 6.60. The number of nitrogens with zero attached hydrogens (tertiary/aromatic N) is 2. The summed E-state index contributed by atoms with van der Waals surface area (Å²) in [4.78, 5) is 29.0. The number of anilines is 2. The number of carbonyl (C=O) groups is 2. The van der Waals surface area contributed by atoms with Crippen LogP contribution in [-0.2, 0) is 16.0 Å². The van der Waals surface area contributed by atoms with Crippen LogP contribution in [0.1, 0.15) is 34.7 Å². The number of fused-ring (bicyclic) bond motifs is 1. The molecule has 2 aromatic carbocycles. The highest BCUT2D eigenvalue weighted by atomic mass is 16.2. The van der Waals surface area contributed by atoms with Crippen LogP contribution in [0.2, 0.25) is 0 Å². The lowest BCUT2D eigenvalue weighted by Crippen LogP contribution is -2.40. The first-order valence-corrected chi connectivity index (χ1v) is 10.4. The summed E-state index contributed by atoms with van der Waals surface area (Å²) in [7, 11) is 6.09. The van der Waals surface area contributed by atoms with Gasteiger partial charge in [0.15, 0.2) is 0 Å². The zero-order valence-corrected chi connectivity index (χ0v) is 18.6. The smallest absolute Gasteiger partial charge is 0.313 e. The number of rotatable bonds is 5. The van der Waals surface area contributed by atoms with E-state index in [-0.39, 0.29) is 6.04 Å². The maximum atomic E-state index is 12.4. The third kappa shape index (κ3) is 5.00. The molecule has 30 heavy (non-hydrogen) atoms. The molecule has 1 aliphatic rings. The van der Waals surface area contributed by atoms with Crippen molar-refractivity contribution in [3.05, 3.63) is 58.7 Å². The standard InChI is InChI=1S/C24H32N4O2/c1-16-8-10-20(13-17(16)2)26-24(30)23(29)25-15-22(27(3)4)19-9-11-21-18(14-19)7-6-12-28(21)5/h8-11,13-14,22H,6-7,12,15H2,1-5H3,(H,25,29)(H,26,30)/t22-/m0/s1. The van der Waals surface area contributed by atoms with Crippen molar-refractivity contribution in [2.75, 3.05) is 44.4 Å². The van der Waals surface area contributed by atoms with Gasteiger partial charge in [-0.05, 0) is 81.2 Å². The van der Waals surface area contributed by atoms with E-state index in [4.69, 9.17) is 0 Å². The van der Waals surface area contributed by atoms with Gasteiger partial charge in [-0.1, -0.05) is 18.2 Å². The van der Waals surface area contributed by atoms with E-state index in [1.807, 2.05) is 40.1 Å². The Morgan fingerprint density at radius 2 is 1.83 bits per heavy atom. The molecule has 160 valence electrons. The van der Waals surface area contributed by atoms with Crippen LogP contribution in [0.5, 0.6) is 0 Å². The number of nitrogens with one attached hydrogen (secondary N) is 2. The molecule has 0 fully saturated rings. The Morgan fingerprint density at radius 3 is 2.53 bits per heavy atom. The van der Waals surface area contributed by atoms with Crippen LogP contribution >= 0.6 is 0 Å². The predicted octanol–water partition coefficient (Wildman–Crippen LogP) is 3.04. The second kappa shape index (κ2) is 9.30. The number of hydrogen-bond donors (Lipinski definition) is 2. The average Bonchev–Trinajstić information content (AvgIpc) is 2.70. The summed E-state index contributed by atoms with van der Waals surface area (Å²) in [5, 5.41) is 5.47. The number of amides is 2. The summed E-state index contributed by atoms with van der Waals surface area (Å²) >= 11 is 0. The molecule has 0 unspecified atom stereocenters. The molecule has 0 saturated heterocycles. The van der Waals surface area contributed by atoms with Crippen molar-refractivity contribution in [1.29, 1.82) is 0 Å². The zero-order valence-electron chi connectivity index (χ0n) is 18.6. The number of likely N-dealkylation sites (N-methyl/N-ethyl adjacent to an activating group) is 1. The fraction of sp³-hybridized carbons (Fsp3) is 0.417. The summed E-state index contributed by atoms with van der Waals surface area (Å²) in [6.07, 6.45) is 2.22. The van der Waals surface area contributed by atoms with Gasteiger partial charge >= 0.3 is 11.8 Å². The first-order valence-electron chi connectivity index (χ1n) is 10.4. The Labute approximate surface area is 179 Å². The third-order valence-electron chi connectivity index (χ3n) is 5.89. The lowest BCUT2D eigenvalue weighted by Gasteiger charge is -2.30. The molecule has 6 heteroatoms. The van der Waals surface area contributed by atoms with E-state index in [0.29, 0.717) is 12.2 Å². The molecule has 3 rings (SSSR count). The molecule has 1 aliphatic heterocycles. The average molecular weight is 409 g/mol. The maximum Gasteiger partial charge on any atom is 0.313 e. The van der Waals surface area contributed by atoms with Crippen molar-refractivity contribution < 1.29 is 9.59 Å². The Morgan fingerprint density at radius 1 is 1.07 bits per heavy atom. The summed E-state index contributed by atoms with van der Waals surface area (Å²) in [6.45, 7) is 5.42. The molecule has 2 aromatic rings. The first kappa shape index (κ1) is 21.8. The Hall–Kier alpha value is -2.86. The Kier molecular flexibility index (Phi) is 6.77.